The van der Waals surface area contributed by atoms with Crippen LogP contribution in [0.15, 0.2) is 17.1 Å². The maximum absolute atomic E-state index is 4.52. The highest BCUT2D eigenvalue weighted by atomic mass is 15.4. The molecule has 3 unspecified atom stereocenters. The molecule has 0 aromatic carbocycles. The standard InChI is InChI=1S/C10H17N3/c1-3-7(2)12-13-10-8-4-5-9(6-8)11-10/h4-5,7-9,12H,3,6H2,1-2H3,(H,11,13). The molecule has 2 N–H and O–H groups in total. The van der Waals surface area contributed by atoms with E-state index in [0.717, 1.165) is 12.3 Å². The molecule has 0 saturated carbocycles. The lowest BCUT2D eigenvalue weighted by molar-refractivity contribution is 0.503. The van der Waals surface area contributed by atoms with Gasteiger partial charge in [0.25, 0.3) is 0 Å². The monoisotopic (exact) mass is 179 g/mol. The Bertz CT molecular complexity index is 245. The van der Waals surface area contributed by atoms with E-state index in [2.05, 4.69) is 41.8 Å². The summed E-state index contributed by atoms with van der Waals surface area (Å²) in [6.07, 6.45) is 6.74. The van der Waals surface area contributed by atoms with Gasteiger partial charge >= 0.3 is 0 Å². The molecule has 0 aromatic rings. The van der Waals surface area contributed by atoms with Crippen molar-refractivity contribution in [3.63, 3.8) is 0 Å². The van der Waals surface area contributed by atoms with Crippen molar-refractivity contribution in [1.82, 2.24) is 10.9 Å². The fourth-order valence-corrected chi connectivity index (χ4v) is 1.68. The van der Waals surface area contributed by atoms with Crippen LogP contribution in [0.2, 0.25) is 0 Å². The number of nitrogens with one attached hydrogen (secondary N) is 2. The largest absolute Gasteiger partial charge is 0.309 e. The van der Waals surface area contributed by atoms with Crippen LogP contribution in [0, 0.1) is 5.92 Å². The molecule has 0 radical (unpaired) electrons. The van der Waals surface area contributed by atoms with E-state index in [-0.39, 0.29) is 0 Å². The molecule has 0 amide bonds. The van der Waals surface area contributed by atoms with Crippen molar-refractivity contribution in [2.24, 2.45) is 10.9 Å². The minimum Gasteiger partial charge on any atom is -0.309 e. The van der Waals surface area contributed by atoms with Crippen molar-refractivity contribution >= 4 is 5.84 Å². The van der Waals surface area contributed by atoms with Crippen molar-refractivity contribution < 1.29 is 0 Å². The van der Waals surface area contributed by atoms with Crippen molar-refractivity contribution in [3.05, 3.63) is 12.2 Å². The SMILES string of the molecule is CCC(C)NNC1=NC2C=CC1C2. The predicted molar refractivity (Wildman–Crippen MR) is 54.5 cm³/mol. The average Bonchev–Trinajstić information content (AvgIpc) is 2.74. The van der Waals surface area contributed by atoms with Crippen LogP contribution < -0.4 is 10.9 Å². The lowest BCUT2D eigenvalue weighted by atomic mass is 10.1. The molecule has 0 fully saturated rings. The lowest BCUT2D eigenvalue weighted by Crippen LogP contribution is -2.44. The molecule has 0 saturated heterocycles. The quantitative estimate of drug-likeness (QED) is 0.505. The molecule has 0 aromatic heterocycles. The van der Waals surface area contributed by atoms with Crippen LogP contribution in [0.3, 0.4) is 0 Å². The van der Waals surface area contributed by atoms with Gasteiger partial charge in [0.1, 0.15) is 5.84 Å². The summed E-state index contributed by atoms with van der Waals surface area (Å²) in [6.45, 7) is 4.33. The molecule has 1 heterocycles. The molecule has 2 rings (SSSR count). The third-order valence-corrected chi connectivity index (χ3v) is 2.78. The Morgan fingerprint density at radius 1 is 1.62 bits per heavy atom. The molecule has 3 heteroatoms. The van der Waals surface area contributed by atoms with E-state index < -0.39 is 0 Å². The minimum absolute atomic E-state index is 0.450. The second-order valence-electron chi connectivity index (χ2n) is 3.89. The summed E-state index contributed by atoms with van der Waals surface area (Å²) in [5.74, 6) is 1.66. The maximum Gasteiger partial charge on any atom is 0.118 e. The first-order valence-corrected chi connectivity index (χ1v) is 5.07. The van der Waals surface area contributed by atoms with Crippen molar-refractivity contribution in [1.29, 1.82) is 0 Å². The van der Waals surface area contributed by atoms with E-state index in [0.29, 0.717) is 18.0 Å². The van der Waals surface area contributed by atoms with Gasteiger partial charge in [0, 0.05) is 12.0 Å². The van der Waals surface area contributed by atoms with Gasteiger partial charge in [-0.25, -0.2) is 5.43 Å². The van der Waals surface area contributed by atoms with Gasteiger partial charge in [0.05, 0.1) is 6.04 Å². The molecule has 1 aliphatic heterocycles. The van der Waals surface area contributed by atoms with Crippen LogP contribution in [-0.2, 0) is 0 Å². The molecule has 1 aliphatic carbocycles. The summed E-state index contributed by atoms with van der Waals surface area (Å²) >= 11 is 0. The zero-order valence-electron chi connectivity index (χ0n) is 8.25. The first kappa shape index (κ1) is 8.75. The number of dihydropyridines is 1. The fourth-order valence-electron chi connectivity index (χ4n) is 1.68. The molecule has 72 valence electrons. The number of amidine groups is 1. The number of aliphatic imine (C=N–C) groups is 1. The molecule has 3 atom stereocenters. The van der Waals surface area contributed by atoms with Gasteiger partial charge in [0.2, 0.25) is 0 Å². The summed E-state index contributed by atoms with van der Waals surface area (Å²) in [7, 11) is 0. The summed E-state index contributed by atoms with van der Waals surface area (Å²) in [5, 5.41) is 0. The molecular weight excluding hydrogens is 162 g/mol. The third kappa shape index (κ3) is 1.75. The molecular formula is C10H17N3. The van der Waals surface area contributed by atoms with Crippen molar-refractivity contribution in [2.75, 3.05) is 0 Å². The molecule has 2 bridgehead atoms. The number of hydrogen-bond donors (Lipinski definition) is 2. The Kier molecular flexibility index (Phi) is 2.36. The Morgan fingerprint density at radius 3 is 3.00 bits per heavy atom. The van der Waals surface area contributed by atoms with E-state index >= 15 is 0 Å². The van der Waals surface area contributed by atoms with Crippen molar-refractivity contribution in [3.8, 4) is 0 Å². The first-order chi connectivity index (χ1) is 6.29. The normalized spacial score (nSPS) is 32.0. The van der Waals surface area contributed by atoms with Crippen LogP contribution in [0.5, 0.6) is 0 Å². The predicted octanol–water partition coefficient (Wildman–Crippen LogP) is 1.24. The number of fused-ring (bicyclic) bond motifs is 2. The van der Waals surface area contributed by atoms with Crippen LogP contribution in [-0.4, -0.2) is 17.9 Å². The Hall–Kier alpha value is -0.830. The molecule has 0 spiro atoms. The summed E-state index contributed by atoms with van der Waals surface area (Å²) in [5.41, 5.74) is 6.46. The summed E-state index contributed by atoms with van der Waals surface area (Å²) < 4.78 is 0. The average molecular weight is 179 g/mol. The summed E-state index contributed by atoms with van der Waals surface area (Å²) in [6, 6.07) is 0.956. The van der Waals surface area contributed by atoms with E-state index in [1.165, 1.54) is 6.42 Å². The topological polar surface area (TPSA) is 36.4 Å². The third-order valence-electron chi connectivity index (χ3n) is 2.78. The minimum atomic E-state index is 0.450. The highest BCUT2D eigenvalue weighted by molar-refractivity contribution is 5.89. The fraction of sp³-hybridized carbons (Fsp3) is 0.700. The number of nitrogens with zero attached hydrogens (tertiary/aromatic N) is 1. The number of hydrazine groups is 1. The van der Waals surface area contributed by atoms with Gasteiger partial charge in [-0.1, -0.05) is 19.1 Å². The van der Waals surface area contributed by atoms with E-state index in [1.807, 2.05) is 0 Å². The van der Waals surface area contributed by atoms with Crippen LogP contribution in [0.25, 0.3) is 0 Å². The Balaban J connectivity index is 1.81. The van der Waals surface area contributed by atoms with Crippen molar-refractivity contribution in [2.45, 2.75) is 38.8 Å². The summed E-state index contributed by atoms with van der Waals surface area (Å²) in [4.78, 5) is 4.52. The van der Waals surface area contributed by atoms with Gasteiger partial charge in [0.15, 0.2) is 0 Å². The Morgan fingerprint density at radius 2 is 2.46 bits per heavy atom. The Labute approximate surface area is 79.3 Å². The van der Waals surface area contributed by atoms with Crippen LogP contribution >= 0.6 is 0 Å². The van der Waals surface area contributed by atoms with Gasteiger partial charge in [-0.2, -0.15) is 0 Å². The van der Waals surface area contributed by atoms with Crippen LogP contribution in [0.1, 0.15) is 26.7 Å². The first-order valence-electron chi connectivity index (χ1n) is 5.07. The highest BCUT2D eigenvalue weighted by Gasteiger charge is 2.29. The van der Waals surface area contributed by atoms with Crippen LogP contribution in [0.4, 0.5) is 0 Å². The van der Waals surface area contributed by atoms with Gasteiger partial charge in [-0.3, -0.25) is 4.99 Å². The number of rotatable bonds is 3. The zero-order valence-corrected chi connectivity index (χ0v) is 8.25. The lowest BCUT2D eigenvalue weighted by Gasteiger charge is -2.16. The van der Waals surface area contributed by atoms with Gasteiger partial charge < -0.3 is 5.43 Å². The molecule has 2 aliphatic rings. The van der Waals surface area contributed by atoms with E-state index in [1.54, 1.807) is 0 Å². The maximum atomic E-state index is 4.52. The van der Waals surface area contributed by atoms with E-state index in [4.69, 9.17) is 0 Å². The van der Waals surface area contributed by atoms with E-state index in [9.17, 15) is 0 Å². The second kappa shape index (κ2) is 3.50. The molecule has 13 heavy (non-hydrogen) atoms. The molecule has 3 nitrogen and oxygen atoms in total. The highest BCUT2D eigenvalue weighted by Crippen LogP contribution is 2.27. The van der Waals surface area contributed by atoms with Gasteiger partial charge in [-0.05, 0) is 19.8 Å². The second-order valence-corrected chi connectivity index (χ2v) is 3.89. The number of hydrogen-bond acceptors (Lipinski definition) is 3. The van der Waals surface area contributed by atoms with Gasteiger partial charge in [-0.15, -0.1) is 0 Å². The smallest absolute Gasteiger partial charge is 0.118 e. The zero-order chi connectivity index (χ0) is 9.26.